The van der Waals surface area contributed by atoms with E-state index in [0.29, 0.717) is 15.9 Å². The summed E-state index contributed by atoms with van der Waals surface area (Å²) in [5, 5.41) is 10.6. The molecule has 7 heteroatoms. The van der Waals surface area contributed by atoms with Gasteiger partial charge in [-0.05, 0) is 74.0 Å². The fraction of sp³-hybridized carbons (Fsp3) is 0.0870. The van der Waals surface area contributed by atoms with Crippen LogP contribution < -0.4 is 5.56 Å². The van der Waals surface area contributed by atoms with Crippen LogP contribution in [0.15, 0.2) is 57.8 Å². The smallest absolute Gasteiger partial charge is 0.259 e. The maximum absolute atomic E-state index is 12.5. The summed E-state index contributed by atoms with van der Waals surface area (Å²) in [6.07, 6.45) is 1.75. The molecule has 2 heterocycles. The van der Waals surface area contributed by atoms with E-state index < -0.39 is 0 Å². The Morgan fingerprint density at radius 2 is 1.93 bits per heavy atom. The monoisotopic (exact) mass is 478 g/mol. The third-order valence-corrected chi connectivity index (χ3v) is 5.66. The molecule has 0 fully saturated rings. The number of aromatic nitrogens is 3. The molecule has 2 aromatic heterocycles. The Kier molecular flexibility index (Phi) is 5.33. The minimum absolute atomic E-state index is 0.228. The van der Waals surface area contributed by atoms with Crippen molar-refractivity contribution in [2.75, 3.05) is 0 Å². The van der Waals surface area contributed by atoms with Gasteiger partial charge in [-0.25, -0.2) is 4.98 Å². The maximum atomic E-state index is 12.5. The molecule has 4 rings (SSSR count). The van der Waals surface area contributed by atoms with Crippen LogP contribution in [0.5, 0.6) is 0 Å². The third-order valence-electron chi connectivity index (χ3n) is 4.90. The molecule has 0 aliphatic rings. The van der Waals surface area contributed by atoms with E-state index in [1.54, 1.807) is 24.3 Å². The van der Waals surface area contributed by atoms with Gasteiger partial charge in [-0.2, -0.15) is 5.26 Å². The highest BCUT2D eigenvalue weighted by atomic mass is 79.9. The van der Waals surface area contributed by atoms with Gasteiger partial charge in [0.2, 0.25) is 0 Å². The lowest BCUT2D eigenvalue weighted by molar-refractivity contribution is 0.964. The Morgan fingerprint density at radius 3 is 2.63 bits per heavy atom. The first-order chi connectivity index (χ1) is 14.4. The fourth-order valence-electron chi connectivity index (χ4n) is 3.47. The Bertz CT molecular complexity index is 1410. The van der Waals surface area contributed by atoms with E-state index in [9.17, 15) is 10.1 Å². The largest absolute Gasteiger partial charge is 0.318 e. The van der Waals surface area contributed by atoms with Crippen LogP contribution in [0.3, 0.4) is 0 Å². The molecule has 30 heavy (non-hydrogen) atoms. The highest BCUT2D eigenvalue weighted by molar-refractivity contribution is 9.10. The number of aryl methyl sites for hydroxylation is 1. The minimum Gasteiger partial charge on any atom is -0.318 e. The first kappa shape index (κ1) is 20.1. The summed E-state index contributed by atoms with van der Waals surface area (Å²) < 4.78 is 3.12. The first-order valence-electron chi connectivity index (χ1n) is 9.14. The lowest BCUT2D eigenvalue weighted by Crippen LogP contribution is -2.11. The van der Waals surface area contributed by atoms with E-state index in [1.807, 2.05) is 44.2 Å². The molecule has 2 aromatic carbocycles. The van der Waals surface area contributed by atoms with Crippen molar-refractivity contribution in [2.45, 2.75) is 13.8 Å². The van der Waals surface area contributed by atoms with Crippen LogP contribution in [-0.2, 0) is 0 Å². The zero-order chi connectivity index (χ0) is 21.4. The predicted octanol–water partition coefficient (Wildman–Crippen LogP) is 5.81. The Balaban J connectivity index is 1.83. The number of hydrogen-bond donors (Lipinski definition) is 1. The second-order valence-corrected chi connectivity index (χ2v) is 8.24. The lowest BCUT2D eigenvalue weighted by atomic mass is 10.1. The molecule has 0 aliphatic carbocycles. The maximum Gasteiger partial charge on any atom is 0.259 e. The number of rotatable bonds is 3. The first-order valence-corrected chi connectivity index (χ1v) is 10.3. The molecule has 0 radical (unpaired) electrons. The Labute approximate surface area is 186 Å². The Morgan fingerprint density at radius 1 is 1.20 bits per heavy atom. The predicted molar refractivity (Wildman–Crippen MR) is 124 cm³/mol. The summed E-state index contributed by atoms with van der Waals surface area (Å²) in [7, 11) is 0. The fourth-order valence-corrected chi connectivity index (χ4v) is 3.91. The molecule has 0 bridgehead atoms. The number of H-pyrrole nitrogens is 1. The highest BCUT2D eigenvalue weighted by Gasteiger charge is 2.13. The van der Waals surface area contributed by atoms with Crippen LogP contribution in [0.1, 0.15) is 22.8 Å². The number of halogens is 2. The van der Waals surface area contributed by atoms with Crippen LogP contribution >= 0.6 is 27.5 Å². The van der Waals surface area contributed by atoms with Gasteiger partial charge in [0.25, 0.3) is 5.56 Å². The van der Waals surface area contributed by atoms with Crippen LogP contribution in [0.2, 0.25) is 5.02 Å². The van der Waals surface area contributed by atoms with Crippen molar-refractivity contribution in [3.05, 3.63) is 91.2 Å². The number of allylic oxidation sites excluding steroid dienone is 1. The number of nitriles is 1. The summed E-state index contributed by atoms with van der Waals surface area (Å²) in [6, 6.07) is 17.1. The molecule has 0 amide bonds. The average Bonchev–Trinajstić information content (AvgIpc) is 3.00. The molecule has 5 nitrogen and oxygen atoms in total. The van der Waals surface area contributed by atoms with E-state index in [-0.39, 0.29) is 17.0 Å². The van der Waals surface area contributed by atoms with Gasteiger partial charge < -0.3 is 9.55 Å². The molecule has 0 saturated heterocycles. The van der Waals surface area contributed by atoms with Crippen molar-refractivity contribution in [1.82, 2.24) is 14.5 Å². The number of nitrogens with one attached hydrogen (secondary N) is 1. The second-order valence-electron chi connectivity index (χ2n) is 6.88. The normalized spacial score (nSPS) is 11.6. The number of nitrogens with zero attached hydrogens (tertiary/aromatic N) is 3. The van der Waals surface area contributed by atoms with Crippen molar-refractivity contribution in [2.24, 2.45) is 0 Å². The van der Waals surface area contributed by atoms with Gasteiger partial charge in [0.15, 0.2) is 5.82 Å². The van der Waals surface area contributed by atoms with Crippen molar-refractivity contribution in [3.8, 4) is 11.8 Å². The van der Waals surface area contributed by atoms with Gasteiger partial charge >= 0.3 is 0 Å². The summed E-state index contributed by atoms with van der Waals surface area (Å²) >= 11 is 9.43. The van der Waals surface area contributed by atoms with Crippen molar-refractivity contribution in [1.29, 1.82) is 5.26 Å². The third kappa shape index (κ3) is 3.70. The molecule has 0 aliphatic heterocycles. The van der Waals surface area contributed by atoms with E-state index in [2.05, 4.69) is 36.5 Å². The van der Waals surface area contributed by atoms with Gasteiger partial charge in [0, 0.05) is 26.6 Å². The average molecular weight is 480 g/mol. The molecule has 4 aromatic rings. The second kappa shape index (κ2) is 7.94. The minimum atomic E-state index is -0.334. The van der Waals surface area contributed by atoms with Crippen LogP contribution in [0.25, 0.3) is 28.2 Å². The molecule has 1 N–H and O–H groups in total. The number of fused-ring (bicyclic) bond motifs is 1. The number of aromatic amines is 1. The summed E-state index contributed by atoms with van der Waals surface area (Å²) in [5.41, 5.74) is 4.36. The molecule has 0 unspecified atom stereocenters. The van der Waals surface area contributed by atoms with Crippen molar-refractivity contribution >= 4 is 50.1 Å². The van der Waals surface area contributed by atoms with E-state index in [1.165, 1.54) is 0 Å². The number of benzene rings is 2. The van der Waals surface area contributed by atoms with Gasteiger partial charge in [0.1, 0.15) is 6.07 Å². The van der Waals surface area contributed by atoms with Gasteiger partial charge in [-0.1, -0.05) is 27.5 Å². The van der Waals surface area contributed by atoms with E-state index in [4.69, 9.17) is 11.6 Å². The molecular weight excluding hydrogens is 464 g/mol. The topological polar surface area (TPSA) is 74.5 Å². The zero-order valence-electron chi connectivity index (χ0n) is 16.2. The molecule has 0 atom stereocenters. The van der Waals surface area contributed by atoms with Crippen LogP contribution in [-0.4, -0.2) is 14.5 Å². The zero-order valence-corrected chi connectivity index (χ0v) is 18.5. The van der Waals surface area contributed by atoms with Gasteiger partial charge in [-0.15, -0.1) is 0 Å². The standard InChI is InChI=1S/C23H16BrClN4O/c1-13-9-15(14(2)29(13)19-6-3-17(24)4-7-19)10-16(12-26)22-27-21-8-5-18(25)11-20(21)23(30)28-22/h3-11H,1-2H3,(H,27,28,30). The van der Waals surface area contributed by atoms with E-state index in [0.717, 1.165) is 27.1 Å². The quantitative estimate of drug-likeness (QED) is 0.377. The molecular formula is C23H16BrClN4O. The van der Waals surface area contributed by atoms with Crippen molar-refractivity contribution in [3.63, 3.8) is 0 Å². The van der Waals surface area contributed by atoms with Crippen molar-refractivity contribution < 1.29 is 0 Å². The van der Waals surface area contributed by atoms with Gasteiger partial charge in [0.05, 0.1) is 16.5 Å². The Hall–Kier alpha value is -3.14. The SMILES string of the molecule is Cc1cc(C=C(C#N)c2nc3ccc(Cl)cc3c(=O)[nH]2)c(C)n1-c1ccc(Br)cc1. The molecule has 0 saturated carbocycles. The van der Waals surface area contributed by atoms with Crippen LogP contribution in [0, 0.1) is 25.2 Å². The van der Waals surface area contributed by atoms with Crippen LogP contribution in [0.4, 0.5) is 0 Å². The summed E-state index contributed by atoms with van der Waals surface area (Å²) in [6.45, 7) is 4.01. The summed E-state index contributed by atoms with van der Waals surface area (Å²) in [5.74, 6) is 0.228. The highest BCUT2D eigenvalue weighted by Crippen LogP contribution is 2.25. The number of hydrogen-bond acceptors (Lipinski definition) is 3. The summed E-state index contributed by atoms with van der Waals surface area (Å²) in [4.78, 5) is 19.6. The molecule has 0 spiro atoms. The van der Waals surface area contributed by atoms with E-state index >= 15 is 0 Å². The van der Waals surface area contributed by atoms with Gasteiger partial charge in [-0.3, -0.25) is 4.79 Å². The lowest BCUT2D eigenvalue weighted by Gasteiger charge is -2.09. The molecule has 148 valence electrons.